The summed E-state index contributed by atoms with van der Waals surface area (Å²) in [5.74, 6) is 0.257. The molecule has 4 N–H and O–H groups in total. The predicted molar refractivity (Wildman–Crippen MR) is 360 cm³/mol. The van der Waals surface area contributed by atoms with Crippen LogP contribution in [0.1, 0.15) is 87.5 Å². The van der Waals surface area contributed by atoms with Crippen LogP contribution in [-0.4, -0.2) is 107 Å². The number of nitrogens with zero attached hydrogens (tertiary/aromatic N) is 9. The lowest BCUT2D eigenvalue weighted by Gasteiger charge is -2.26. The average Bonchev–Trinajstić information content (AvgIpc) is 1.56. The van der Waals surface area contributed by atoms with Crippen molar-refractivity contribution in [2.24, 2.45) is 20.0 Å². The van der Waals surface area contributed by atoms with Gasteiger partial charge in [-0.1, -0.05) is 113 Å². The average molecular weight is 1220 g/mol. The Balaban J connectivity index is 1.02. The highest BCUT2D eigenvalue weighted by atomic mass is 16.5. The number of benzene rings is 6. The fourth-order valence-corrected chi connectivity index (χ4v) is 11.4. The van der Waals surface area contributed by atoms with E-state index in [1.165, 1.54) is 14.1 Å². The van der Waals surface area contributed by atoms with Gasteiger partial charge in [0.15, 0.2) is 24.8 Å². The highest BCUT2D eigenvalue weighted by Crippen LogP contribution is 2.48. The molecule has 0 saturated heterocycles. The molecule has 0 spiro atoms. The second-order valence-electron chi connectivity index (χ2n) is 22.3. The summed E-state index contributed by atoms with van der Waals surface area (Å²) in [7, 11) is 6.30. The number of anilines is 3. The van der Waals surface area contributed by atoms with Gasteiger partial charge in [-0.15, -0.1) is 0 Å². The number of fused-ring (bicyclic) bond motifs is 1. The fraction of sp³-hybridized carbons (Fsp3) is 0.243. The minimum atomic E-state index is -0.350. The number of aromatic nitrogens is 2. The number of ether oxygens (including phenoxy) is 2. The van der Waals surface area contributed by atoms with E-state index < -0.39 is 0 Å². The van der Waals surface area contributed by atoms with Crippen LogP contribution in [0, 0.1) is 0 Å². The third kappa shape index (κ3) is 14.7. The van der Waals surface area contributed by atoms with Crippen LogP contribution >= 0.6 is 0 Å². The molecule has 17 nitrogen and oxygen atoms in total. The first-order chi connectivity index (χ1) is 44.3. The number of aliphatic hydroxyl groups is 4. The first-order valence-electron chi connectivity index (χ1n) is 30.8. The molecule has 10 rings (SSSR count). The van der Waals surface area contributed by atoms with Crippen LogP contribution in [0.2, 0.25) is 0 Å². The largest absolute Gasteiger partial charge is 0.497 e. The van der Waals surface area contributed by atoms with E-state index in [0.717, 1.165) is 96.6 Å². The molecule has 2 aromatic heterocycles. The molecule has 91 heavy (non-hydrogen) atoms. The van der Waals surface area contributed by atoms with Crippen molar-refractivity contribution in [3.63, 3.8) is 0 Å². The summed E-state index contributed by atoms with van der Waals surface area (Å²) < 4.78 is 14.3. The molecule has 0 fully saturated rings. The zero-order valence-electron chi connectivity index (χ0n) is 52.3. The number of unbranched alkanes of at least 4 members (excludes halogenated alkanes) is 6. The second kappa shape index (κ2) is 29.5. The van der Waals surface area contributed by atoms with E-state index in [1.807, 2.05) is 89.8 Å². The van der Waals surface area contributed by atoms with Gasteiger partial charge in [-0.05, 0) is 137 Å². The van der Waals surface area contributed by atoms with Crippen LogP contribution in [0.5, 0.6) is 11.5 Å². The normalized spacial score (nSPS) is 13.8. The summed E-state index contributed by atoms with van der Waals surface area (Å²) >= 11 is 0. The molecule has 2 amide bonds. The number of carbonyl (C=O) groups excluding carboxylic acids is 2. The molecule has 4 heterocycles. The number of aliphatic imine (C=N–C) groups is 4. The number of amides is 2. The van der Waals surface area contributed by atoms with E-state index in [-0.39, 0.29) is 59.6 Å². The number of rotatable bonds is 27. The molecule has 0 radical (unpaired) electrons. The van der Waals surface area contributed by atoms with Crippen molar-refractivity contribution in [2.45, 2.75) is 78.3 Å². The van der Waals surface area contributed by atoms with Crippen molar-refractivity contribution in [1.29, 1.82) is 0 Å². The zero-order chi connectivity index (χ0) is 64.0. The van der Waals surface area contributed by atoms with Gasteiger partial charge in [0.25, 0.3) is 11.8 Å². The Morgan fingerprint density at radius 2 is 0.824 bits per heavy atom. The monoisotopic (exact) mass is 1220 g/mol. The minimum Gasteiger partial charge on any atom is -0.497 e. The van der Waals surface area contributed by atoms with Gasteiger partial charge in [-0.2, -0.15) is 9.13 Å². The van der Waals surface area contributed by atoms with Gasteiger partial charge in [-0.3, -0.25) is 19.6 Å². The van der Waals surface area contributed by atoms with Gasteiger partial charge in [0.2, 0.25) is 36.7 Å². The van der Waals surface area contributed by atoms with E-state index in [9.17, 15) is 20.4 Å². The molecule has 2 aliphatic rings. The summed E-state index contributed by atoms with van der Waals surface area (Å²) in [6.07, 6.45) is 14.3. The SMILES string of the molecule is CCCCCCN1C(=O)C2=C(c3ccc(-c4cc(C(O)=Nc5ccc[n+](CC(O)=NC)c5)cc(C(O)=Nc5ccc[n+](CC(O)=NC)c5)c4)cc3)N(CCCCCC)C(=O)C2=C1c1ccc(-c2ccc(N(c3ccc(OC)cc3)c3ccc(OC)cc3)cc2)cc1. The van der Waals surface area contributed by atoms with Gasteiger partial charge >= 0.3 is 0 Å². The quantitative estimate of drug-likeness (QED) is 0.0167. The van der Waals surface area contributed by atoms with Crippen molar-refractivity contribution in [3.8, 4) is 33.8 Å². The van der Waals surface area contributed by atoms with Crippen molar-refractivity contribution in [3.05, 3.63) is 222 Å². The van der Waals surface area contributed by atoms with Crippen LogP contribution in [0.3, 0.4) is 0 Å². The predicted octanol–water partition coefficient (Wildman–Crippen LogP) is 14.5. The van der Waals surface area contributed by atoms with Crippen molar-refractivity contribution >= 4 is 75.2 Å². The molecule has 0 aliphatic carbocycles. The maximum atomic E-state index is 15.4. The highest BCUT2D eigenvalue weighted by Gasteiger charge is 2.48. The molecule has 2 aliphatic heterocycles. The Labute approximate surface area is 531 Å². The van der Waals surface area contributed by atoms with Crippen LogP contribution in [0.15, 0.2) is 220 Å². The molecule has 0 saturated carbocycles. The topological polar surface area (TPSA) is 200 Å². The van der Waals surface area contributed by atoms with E-state index >= 15 is 9.59 Å². The number of hydrogen-bond acceptors (Lipinski definition) is 9. The molecule has 0 unspecified atom stereocenters. The Bertz CT molecular complexity index is 3960. The Hall–Kier alpha value is -10.7. The number of methoxy groups -OCH3 is 2. The lowest BCUT2D eigenvalue weighted by atomic mass is 9.96. The Morgan fingerprint density at radius 3 is 1.20 bits per heavy atom. The van der Waals surface area contributed by atoms with Crippen molar-refractivity contribution < 1.29 is 48.6 Å². The molecule has 0 bridgehead atoms. The van der Waals surface area contributed by atoms with E-state index in [1.54, 1.807) is 95.5 Å². The summed E-state index contributed by atoms with van der Waals surface area (Å²) in [6.45, 7) is 5.39. The van der Waals surface area contributed by atoms with E-state index in [0.29, 0.717) is 63.7 Å². The molecule has 8 aromatic rings. The molecule has 17 heteroatoms. The molecular formula is C74H77N9O8+2. The molecule has 6 aromatic carbocycles. The molecule has 464 valence electrons. The van der Waals surface area contributed by atoms with Crippen molar-refractivity contribution in [1.82, 2.24) is 9.80 Å². The van der Waals surface area contributed by atoms with Crippen molar-refractivity contribution in [2.75, 3.05) is 46.3 Å². The summed E-state index contributed by atoms with van der Waals surface area (Å²) in [4.78, 5) is 53.3. The smallest absolute Gasteiger partial charge is 0.261 e. The lowest BCUT2D eigenvalue weighted by molar-refractivity contribution is -0.682. The Kier molecular flexibility index (Phi) is 20.6. The van der Waals surface area contributed by atoms with Gasteiger partial charge in [0.05, 0.1) is 36.8 Å². The first-order valence-corrected chi connectivity index (χ1v) is 30.8. The first kappa shape index (κ1) is 63.3. The van der Waals surface area contributed by atoms with Gasteiger partial charge in [0, 0.05) is 67.5 Å². The minimum absolute atomic E-state index is 0.0811. The van der Waals surface area contributed by atoms with Gasteiger partial charge < -0.3 is 44.6 Å². The second-order valence-corrected chi connectivity index (χ2v) is 22.3. The highest BCUT2D eigenvalue weighted by molar-refractivity contribution is 6.30. The number of hydrogen-bond donors (Lipinski definition) is 4. The number of aliphatic hydroxyl groups excluding tert-OH is 4. The van der Waals surface area contributed by atoms with Crippen LogP contribution in [0.25, 0.3) is 33.6 Å². The summed E-state index contributed by atoms with van der Waals surface area (Å²) in [6, 6.07) is 52.1. The third-order valence-corrected chi connectivity index (χ3v) is 16.2. The summed E-state index contributed by atoms with van der Waals surface area (Å²) in [5, 5.41) is 43.8. The van der Waals surface area contributed by atoms with Gasteiger partial charge in [0.1, 0.15) is 22.9 Å². The summed E-state index contributed by atoms with van der Waals surface area (Å²) in [5.41, 5.74) is 10.9. The maximum absolute atomic E-state index is 15.4. The molecule has 0 atom stereocenters. The van der Waals surface area contributed by atoms with E-state index in [4.69, 9.17) is 9.47 Å². The molecular weight excluding hydrogens is 1140 g/mol. The van der Waals surface area contributed by atoms with Crippen LogP contribution in [0.4, 0.5) is 28.4 Å². The van der Waals surface area contributed by atoms with Crippen LogP contribution < -0.4 is 23.5 Å². The lowest BCUT2D eigenvalue weighted by Crippen LogP contribution is -2.36. The van der Waals surface area contributed by atoms with Gasteiger partial charge in [-0.25, -0.2) is 9.98 Å². The number of pyridine rings is 2. The number of carbonyl (C=O) groups is 2. The standard InChI is InChI=1S/C74H75N9O8/c1-7-9-11-13-41-81-69(53-23-19-50(20-24-53)51-27-29-60(30-28-51)83(61-31-35-63(90-5)36-32-61)62-33-37-64(91-6)38-34-62)67-68(74(81)89)70(82(73(67)88)42-14-12-10-8-2)54-25-21-52(22-26-54)55-43-56(71(86)77-58-17-15-39-79(46-58)48-65(84)75-3)45-57(44-55)72(87)78-59-18-16-40-80(47-59)49-66(85)76-4/h15-40,43-47H,7-14,41-42,48-49H2,1-6H3,(H2-2,75,76,77,78,84,85,86,87)/p+2. The maximum Gasteiger partial charge on any atom is 0.261 e. The zero-order valence-corrected chi connectivity index (χ0v) is 52.3. The fourth-order valence-electron chi connectivity index (χ4n) is 11.4. The van der Waals surface area contributed by atoms with Crippen LogP contribution in [-0.2, 0) is 22.7 Å². The third-order valence-electron chi connectivity index (χ3n) is 16.2. The Morgan fingerprint density at radius 1 is 0.462 bits per heavy atom. The van der Waals surface area contributed by atoms with E-state index in [2.05, 4.69) is 75.1 Å².